The Morgan fingerprint density at radius 1 is 0.907 bits per heavy atom. The molecule has 0 aromatic heterocycles. The van der Waals surface area contributed by atoms with Crippen molar-refractivity contribution < 1.29 is 43.6 Å². The molecule has 12 heteroatoms. The Kier molecular flexibility index (Phi) is 9.06. The number of nitrogens with zero attached hydrogens (tertiary/aromatic N) is 1. The van der Waals surface area contributed by atoms with Gasteiger partial charge in [-0.3, -0.25) is 19.2 Å². The zero-order chi connectivity index (χ0) is 37.0. The number of allylic oxidation sites excluding steroid dienone is 1. The fourth-order valence-corrected chi connectivity index (χ4v) is 9.09. The molecule has 0 unspecified atom stereocenters. The maximum atomic E-state index is 14.8. The summed E-state index contributed by atoms with van der Waals surface area (Å²) in [4.78, 5) is 48.3. The Morgan fingerprint density at radius 3 is 2.44 bits per heavy atom. The van der Waals surface area contributed by atoms with Crippen molar-refractivity contribution in [3.63, 3.8) is 0 Å². The number of rotatable bonds is 13. The van der Waals surface area contributed by atoms with Gasteiger partial charge in [0.05, 0.1) is 13.2 Å². The maximum Gasteiger partial charge on any atom is 0.327 e. The second-order valence-electron chi connectivity index (χ2n) is 15.5. The van der Waals surface area contributed by atoms with Gasteiger partial charge in [0.2, 0.25) is 5.91 Å². The molecule has 0 spiro atoms. The van der Waals surface area contributed by atoms with Crippen LogP contribution < -0.4 is 10.6 Å². The number of aliphatic hydroxyl groups is 1. The predicted octanol–water partition coefficient (Wildman–Crippen LogP) is 3.79. The molecule has 4 N–H and O–H groups in total. The van der Waals surface area contributed by atoms with Crippen LogP contribution in [0.25, 0.3) is 6.08 Å². The molecule has 12 nitrogen and oxygen atoms in total. The fraction of sp³-hybridized carbons (Fsp3) is 0.452. The van der Waals surface area contributed by atoms with Gasteiger partial charge >= 0.3 is 5.97 Å². The van der Waals surface area contributed by atoms with Gasteiger partial charge in [0, 0.05) is 36.9 Å². The number of amides is 2. The number of hydrogen-bond donors (Lipinski definition) is 4. The summed E-state index contributed by atoms with van der Waals surface area (Å²) < 4.78 is 20.0. The van der Waals surface area contributed by atoms with Crippen LogP contribution in [0.15, 0.2) is 78.9 Å². The average molecular weight is 736 g/mol. The Morgan fingerprint density at radius 2 is 1.67 bits per heavy atom. The van der Waals surface area contributed by atoms with Crippen LogP contribution in [0.2, 0.25) is 0 Å². The fourth-order valence-electron chi connectivity index (χ4n) is 9.09. The maximum absolute atomic E-state index is 14.8. The van der Waals surface area contributed by atoms with Crippen molar-refractivity contribution in [2.24, 2.45) is 17.3 Å². The van der Waals surface area contributed by atoms with Crippen molar-refractivity contribution in [1.29, 1.82) is 0 Å². The Labute approximate surface area is 313 Å². The Bertz CT molecular complexity index is 1970. The minimum atomic E-state index is -1.32. The molecule has 3 heterocycles. The summed E-state index contributed by atoms with van der Waals surface area (Å²) in [5.74, 6) is -1.14. The largest absolute Gasteiger partial charge is 0.508 e. The van der Waals surface area contributed by atoms with E-state index in [2.05, 4.69) is 10.6 Å². The molecule has 6 aliphatic rings. The highest BCUT2D eigenvalue weighted by Crippen LogP contribution is 2.63. The summed E-state index contributed by atoms with van der Waals surface area (Å²) >= 11 is 0. The number of para-hydroxylation sites is 1. The monoisotopic (exact) mass is 735 g/mol. The summed E-state index contributed by atoms with van der Waals surface area (Å²) in [6.07, 6.45) is 6.21. The summed E-state index contributed by atoms with van der Waals surface area (Å²) in [6.45, 7) is 0.305. The molecule has 2 amide bonds. The lowest BCUT2D eigenvalue weighted by Gasteiger charge is -2.48. The van der Waals surface area contributed by atoms with E-state index in [4.69, 9.17) is 24.2 Å². The van der Waals surface area contributed by atoms with Gasteiger partial charge in [0.1, 0.15) is 35.6 Å². The topological polar surface area (TPSA) is 156 Å². The molecule has 3 aliphatic carbocycles. The van der Waals surface area contributed by atoms with E-state index in [-0.39, 0.29) is 62.1 Å². The number of carbonyl (C=O) groups is 3. The van der Waals surface area contributed by atoms with Crippen molar-refractivity contribution in [1.82, 2.24) is 15.7 Å². The molecule has 3 saturated carbocycles. The first-order chi connectivity index (χ1) is 26.3. The number of hydroxylamine groups is 2. The first-order valence-electron chi connectivity index (χ1n) is 19.1. The normalized spacial score (nSPS) is 29.5. The van der Waals surface area contributed by atoms with Gasteiger partial charge in [-0.25, -0.2) is 0 Å². The number of fused-ring (bicyclic) bond motifs is 4. The second-order valence-corrected chi connectivity index (χ2v) is 15.5. The van der Waals surface area contributed by atoms with Crippen molar-refractivity contribution in [2.45, 2.75) is 87.9 Å². The summed E-state index contributed by atoms with van der Waals surface area (Å²) in [5, 5.41) is 26.7. The van der Waals surface area contributed by atoms with Crippen LogP contribution in [0.3, 0.4) is 0 Å². The number of carbonyl (C=O) groups excluding carboxylic acids is 3. The summed E-state index contributed by atoms with van der Waals surface area (Å²) in [6, 6.07) is 21.1. The standard InChI is InChI=1S/C42H45N3O9/c46-19-18-43-38(48)29-12-5-8-26(21-29)23-44-40(50)41-22-33-34-35(53-42(52-34,30-14-15-30)31-16-17-31)37(41)54-45(36(41)39(49)51-33)24-27-9-3-6-25(20-27)7-4-11-28-10-1-2-13-32(28)47/h1-10,12-13,20-21,30-31,33-37,46-47H,11,14-19,22-24H2,(H,43,48)(H,44,50)/t33-,34+,35+,36+,37-,41+/m1/s1. The third-order valence-corrected chi connectivity index (χ3v) is 11.9. The number of esters is 1. The van der Waals surface area contributed by atoms with Gasteiger partial charge < -0.3 is 35.1 Å². The van der Waals surface area contributed by atoms with Gasteiger partial charge in [-0.05, 0) is 72.6 Å². The number of aliphatic hydroxyl groups excluding tert-OH is 1. The number of phenolic OH excluding ortho intramolecular Hbond substituents is 1. The molecule has 54 heavy (non-hydrogen) atoms. The van der Waals surface area contributed by atoms with E-state index in [1.54, 1.807) is 35.4 Å². The van der Waals surface area contributed by atoms with Crippen molar-refractivity contribution >= 4 is 23.9 Å². The summed E-state index contributed by atoms with van der Waals surface area (Å²) in [5.41, 5.74) is 2.45. The minimum Gasteiger partial charge on any atom is -0.508 e. The van der Waals surface area contributed by atoms with Gasteiger partial charge in [0.15, 0.2) is 11.8 Å². The van der Waals surface area contributed by atoms with Crippen LogP contribution in [0, 0.1) is 17.3 Å². The number of phenols is 1. The van der Waals surface area contributed by atoms with E-state index < -0.39 is 47.6 Å². The van der Waals surface area contributed by atoms with Gasteiger partial charge in [-0.15, -0.1) is 0 Å². The molecule has 3 aliphatic heterocycles. The van der Waals surface area contributed by atoms with Crippen LogP contribution in [0.4, 0.5) is 0 Å². The van der Waals surface area contributed by atoms with E-state index >= 15 is 0 Å². The van der Waals surface area contributed by atoms with Crippen LogP contribution in [-0.2, 0) is 48.1 Å². The van der Waals surface area contributed by atoms with E-state index in [1.807, 2.05) is 54.6 Å². The highest BCUT2D eigenvalue weighted by molar-refractivity contribution is 5.95. The highest BCUT2D eigenvalue weighted by Gasteiger charge is 2.78. The van der Waals surface area contributed by atoms with Crippen LogP contribution in [-0.4, -0.2) is 82.5 Å². The molecule has 3 aromatic rings. The van der Waals surface area contributed by atoms with Crippen LogP contribution >= 0.6 is 0 Å². The SMILES string of the molecule is O=C(NCCO)c1cccc(CNC(=O)[C@@]23C[C@H]4OC(=O)[C@@H]2N(Cc2cccc(C=CCc5ccccc5O)c2)O[C@@H]3[C@H]2OC(C3CC3)(C3CC3)O[C@H]24)c1. The number of benzene rings is 3. The van der Waals surface area contributed by atoms with E-state index in [0.29, 0.717) is 17.5 Å². The van der Waals surface area contributed by atoms with Gasteiger partial charge in [0.25, 0.3) is 5.91 Å². The van der Waals surface area contributed by atoms with Gasteiger partial charge in [-0.2, -0.15) is 5.06 Å². The zero-order valence-electron chi connectivity index (χ0n) is 29.9. The van der Waals surface area contributed by atoms with Crippen molar-refractivity contribution in [3.8, 4) is 5.75 Å². The molecule has 0 radical (unpaired) electrons. The quantitative estimate of drug-likeness (QED) is 0.191. The third kappa shape index (κ3) is 6.19. The number of ether oxygens (including phenoxy) is 3. The predicted molar refractivity (Wildman–Crippen MR) is 194 cm³/mol. The molecule has 9 rings (SSSR count). The summed E-state index contributed by atoms with van der Waals surface area (Å²) in [7, 11) is 0. The highest BCUT2D eigenvalue weighted by atomic mass is 16.8. The molecule has 6 fully saturated rings. The molecule has 2 bridgehead atoms. The van der Waals surface area contributed by atoms with Gasteiger partial charge in [-0.1, -0.05) is 66.7 Å². The average Bonchev–Trinajstić information content (AvgIpc) is 4.13. The molecule has 3 aromatic carbocycles. The van der Waals surface area contributed by atoms with Crippen LogP contribution in [0.1, 0.15) is 64.7 Å². The van der Waals surface area contributed by atoms with Crippen molar-refractivity contribution in [2.75, 3.05) is 13.2 Å². The minimum absolute atomic E-state index is 0.121. The molecular formula is C42H45N3O9. The molecular weight excluding hydrogens is 690 g/mol. The van der Waals surface area contributed by atoms with Crippen molar-refractivity contribution in [3.05, 3.63) is 107 Å². The molecule has 3 saturated heterocycles. The third-order valence-electron chi connectivity index (χ3n) is 11.9. The lowest BCUT2D eigenvalue weighted by molar-refractivity contribution is -0.235. The number of aromatic hydroxyl groups is 1. The lowest BCUT2D eigenvalue weighted by atomic mass is 9.62. The molecule has 282 valence electrons. The zero-order valence-corrected chi connectivity index (χ0v) is 29.9. The lowest BCUT2D eigenvalue weighted by Crippen LogP contribution is -2.69. The number of nitrogens with one attached hydrogen (secondary N) is 2. The van der Waals surface area contributed by atoms with E-state index in [1.165, 1.54) is 0 Å². The molecule has 6 atom stereocenters. The number of hydrogen-bond acceptors (Lipinski definition) is 10. The Hall–Kier alpha value is -4.59. The second kappa shape index (κ2) is 13.9. The van der Waals surface area contributed by atoms with E-state index in [0.717, 1.165) is 42.4 Å². The van der Waals surface area contributed by atoms with E-state index in [9.17, 15) is 19.5 Å². The Balaban J connectivity index is 0.997. The first kappa shape index (κ1) is 35.1. The van der Waals surface area contributed by atoms with Crippen LogP contribution in [0.5, 0.6) is 5.75 Å². The smallest absolute Gasteiger partial charge is 0.327 e. The first-order valence-corrected chi connectivity index (χ1v) is 19.1.